The van der Waals surface area contributed by atoms with Gasteiger partial charge in [-0.15, -0.1) is 0 Å². The van der Waals surface area contributed by atoms with E-state index in [0.29, 0.717) is 17.5 Å². The molecule has 12 nitrogen and oxygen atoms in total. The Kier molecular flexibility index (Phi) is 11.5. The zero-order valence-electron chi connectivity index (χ0n) is 30.2. The Morgan fingerprint density at radius 1 is 1.04 bits per heavy atom. The topological polar surface area (TPSA) is 171 Å². The third-order valence-corrected chi connectivity index (χ3v) is 10.2. The predicted molar refractivity (Wildman–Crippen MR) is 193 cm³/mol. The van der Waals surface area contributed by atoms with Crippen molar-refractivity contribution in [3.8, 4) is 5.75 Å². The summed E-state index contributed by atoms with van der Waals surface area (Å²) in [7, 11) is -4.09. The van der Waals surface area contributed by atoms with E-state index in [2.05, 4.69) is 15.0 Å². The molecule has 0 unspecified atom stereocenters. The van der Waals surface area contributed by atoms with Gasteiger partial charge < -0.3 is 20.5 Å². The molecule has 1 atom stereocenters. The molecule has 3 aromatic rings. The van der Waals surface area contributed by atoms with Gasteiger partial charge in [-0.25, -0.2) is 17.9 Å². The van der Waals surface area contributed by atoms with Gasteiger partial charge in [-0.3, -0.25) is 19.1 Å². The number of rotatable bonds is 11. The molecule has 1 aliphatic heterocycles. The van der Waals surface area contributed by atoms with Crippen LogP contribution >= 0.6 is 0 Å². The van der Waals surface area contributed by atoms with Gasteiger partial charge in [-0.2, -0.15) is 0 Å². The van der Waals surface area contributed by atoms with Gasteiger partial charge in [-0.1, -0.05) is 36.4 Å². The largest absolute Gasteiger partial charge is 0.487 e. The second-order valence-electron chi connectivity index (χ2n) is 14.3. The fraction of sp³-hybridized carbons (Fsp3) is 0.459. The normalized spacial score (nSPS) is 15.0. The molecule has 0 saturated heterocycles. The van der Waals surface area contributed by atoms with Crippen LogP contribution in [-0.4, -0.2) is 54.6 Å². The highest BCUT2D eigenvalue weighted by molar-refractivity contribution is 7.90. The van der Waals surface area contributed by atoms with E-state index in [-0.39, 0.29) is 53.6 Å². The Balaban J connectivity index is 1.48. The standard InChI is InChI=1S/C37H49N5O7S/c1-23-24(2)32(25(3)27-19-20-37(7,8)48-31(23)27)50(46,47)41-35(38)39-21-13-16-28(34(45)49-36(4,5)6)40-33(44)29-17-12-18-30(43)42(29)22-26-14-10-9-11-15-26/h9-12,14-15,17-18,28H,13,16,19-22H2,1-8H3,(H,40,44)(H3,38,39,41)/t28-/m0/s1. The summed E-state index contributed by atoms with van der Waals surface area (Å²) >= 11 is 0. The first-order valence-corrected chi connectivity index (χ1v) is 18.2. The van der Waals surface area contributed by atoms with Crippen molar-refractivity contribution in [3.05, 3.63) is 92.4 Å². The molecule has 1 amide bonds. The number of sulfonamides is 1. The van der Waals surface area contributed by atoms with Gasteiger partial charge >= 0.3 is 5.97 Å². The molecule has 0 saturated carbocycles. The molecule has 270 valence electrons. The third kappa shape index (κ3) is 9.32. The van der Waals surface area contributed by atoms with Gasteiger partial charge in [0.2, 0.25) is 5.96 Å². The lowest BCUT2D eigenvalue weighted by Crippen LogP contribution is -2.45. The number of benzene rings is 2. The van der Waals surface area contributed by atoms with Crippen molar-refractivity contribution in [2.24, 2.45) is 10.7 Å². The van der Waals surface area contributed by atoms with Crippen LogP contribution in [0.2, 0.25) is 0 Å². The maximum Gasteiger partial charge on any atom is 0.329 e. The predicted octanol–water partition coefficient (Wildman–Crippen LogP) is 4.44. The van der Waals surface area contributed by atoms with Crippen molar-refractivity contribution in [1.82, 2.24) is 14.6 Å². The summed E-state index contributed by atoms with van der Waals surface area (Å²) in [5.74, 6) is -0.846. The summed E-state index contributed by atoms with van der Waals surface area (Å²) in [6.07, 6.45) is 1.80. The summed E-state index contributed by atoms with van der Waals surface area (Å²) in [5, 5.41) is 2.73. The Morgan fingerprint density at radius 2 is 1.72 bits per heavy atom. The number of nitrogens with two attached hydrogens (primary N) is 1. The molecule has 0 fully saturated rings. The highest BCUT2D eigenvalue weighted by atomic mass is 32.2. The van der Waals surface area contributed by atoms with E-state index in [1.807, 2.05) is 51.1 Å². The molecule has 4 N–H and O–H groups in total. The lowest BCUT2D eigenvalue weighted by atomic mass is 9.88. The van der Waals surface area contributed by atoms with Crippen LogP contribution < -0.4 is 26.1 Å². The van der Waals surface area contributed by atoms with Crippen LogP contribution in [0, 0.1) is 20.8 Å². The second kappa shape index (κ2) is 15.1. The lowest BCUT2D eigenvalue weighted by molar-refractivity contribution is -0.157. The van der Waals surface area contributed by atoms with E-state index in [0.717, 1.165) is 28.9 Å². The monoisotopic (exact) mass is 707 g/mol. The molecule has 1 aliphatic rings. The Labute approximate surface area is 294 Å². The first-order valence-electron chi connectivity index (χ1n) is 16.7. The average Bonchev–Trinajstić information content (AvgIpc) is 3.01. The number of aromatic nitrogens is 1. The lowest BCUT2D eigenvalue weighted by Gasteiger charge is -2.35. The van der Waals surface area contributed by atoms with E-state index in [4.69, 9.17) is 15.2 Å². The van der Waals surface area contributed by atoms with Crippen molar-refractivity contribution in [2.75, 3.05) is 6.54 Å². The Hall–Kier alpha value is -4.65. The number of nitrogens with one attached hydrogen (secondary N) is 2. The molecule has 0 spiro atoms. The fourth-order valence-corrected chi connectivity index (χ4v) is 7.49. The van der Waals surface area contributed by atoms with Crippen LogP contribution in [0.4, 0.5) is 0 Å². The van der Waals surface area contributed by atoms with Crippen LogP contribution in [-0.2, 0) is 32.5 Å². The summed E-state index contributed by atoms with van der Waals surface area (Å²) in [6.45, 7) is 14.8. The molecule has 50 heavy (non-hydrogen) atoms. The molecular weight excluding hydrogens is 659 g/mol. The fourth-order valence-electron chi connectivity index (χ4n) is 5.97. The number of carbonyl (C=O) groups excluding carboxylic acids is 2. The minimum atomic E-state index is -4.09. The molecule has 4 rings (SSSR count). The number of hydrogen-bond acceptors (Lipinski definition) is 8. The van der Waals surface area contributed by atoms with Crippen LogP contribution in [0.25, 0.3) is 0 Å². The van der Waals surface area contributed by atoms with Gasteiger partial charge in [0.1, 0.15) is 28.7 Å². The van der Waals surface area contributed by atoms with Gasteiger partial charge in [0.05, 0.1) is 11.4 Å². The van der Waals surface area contributed by atoms with E-state index >= 15 is 0 Å². The Bertz CT molecular complexity index is 1940. The first kappa shape index (κ1) is 38.2. The molecule has 0 radical (unpaired) electrons. The average molecular weight is 708 g/mol. The summed E-state index contributed by atoms with van der Waals surface area (Å²) in [4.78, 5) is 43.8. The van der Waals surface area contributed by atoms with Crippen LogP contribution in [0.15, 0.2) is 63.2 Å². The summed E-state index contributed by atoms with van der Waals surface area (Å²) in [5.41, 5.74) is 8.26. The molecule has 0 aliphatic carbocycles. The van der Waals surface area contributed by atoms with Gasteiger partial charge in [0, 0.05) is 12.6 Å². The van der Waals surface area contributed by atoms with E-state index in [9.17, 15) is 22.8 Å². The molecule has 1 aromatic heterocycles. The van der Waals surface area contributed by atoms with Crippen LogP contribution in [0.3, 0.4) is 0 Å². The van der Waals surface area contributed by atoms with Crippen molar-refractivity contribution in [3.63, 3.8) is 0 Å². The number of guanidine groups is 1. The quantitative estimate of drug-likeness (QED) is 0.114. The number of fused-ring (bicyclic) bond motifs is 1. The minimum absolute atomic E-state index is 0.0533. The number of aliphatic imine (C=N–C) groups is 1. The zero-order valence-corrected chi connectivity index (χ0v) is 31.0. The van der Waals surface area contributed by atoms with Crippen LogP contribution in [0.1, 0.15) is 92.2 Å². The number of ether oxygens (including phenoxy) is 2. The number of hydrogen-bond donors (Lipinski definition) is 3. The maximum absolute atomic E-state index is 13.6. The highest BCUT2D eigenvalue weighted by Crippen LogP contribution is 2.42. The third-order valence-electron chi connectivity index (χ3n) is 8.57. The zero-order chi connectivity index (χ0) is 37.0. The van der Waals surface area contributed by atoms with Gasteiger partial charge in [0.25, 0.3) is 21.5 Å². The van der Waals surface area contributed by atoms with E-state index in [1.54, 1.807) is 34.6 Å². The van der Waals surface area contributed by atoms with Crippen molar-refractivity contribution in [2.45, 2.75) is 110 Å². The molecular formula is C37H49N5O7S. The number of amides is 1. The smallest absolute Gasteiger partial charge is 0.329 e. The van der Waals surface area contributed by atoms with Crippen molar-refractivity contribution < 1.29 is 27.5 Å². The Morgan fingerprint density at radius 3 is 2.38 bits per heavy atom. The molecule has 2 aromatic carbocycles. The molecule has 13 heteroatoms. The van der Waals surface area contributed by atoms with E-state index < -0.39 is 33.5 Å². The number of esters is 1. The van der Waals surface area contributed by atoms with Crippen LogP contribution in [0.5, 0.6) is 5.75 Å². The highest BCUT2D eigenvalue weighted by Gasteiger charge is 2.34. The van der Waals surface area contributed by atoms with E-state index in [1.165, 1.54) is 22.8 Å². The van der Waals surface area contributed by atoms with Crippen molar-refractivity contribution in [1.29, 1.82) is 0 Å². The van der Waals surface area contributed by atoms with Crippen molar-refractivity contribution >= 4 is 27.9 Å². The number of pyridine rings is 1. The number of nitrogens with zero attached hydrogens (tertiary/aromatic N) is 2. The van der Waals surface area contributed by atoms with Gasteiger partial charge in [-0.05, 0) is 115 Å². The molecule has 2 heterocycles. The van der Waals surface area contributed by atoms with Gasteiger partial charge in [0.15, 0.2) is 0 Å². The molecule has 0 bridgehead atoms. The minimum Gasteiger partial charge on any atom is -0.487 e. The number of carbonyl (C=O) groups is 2. The SMILES string of the molecule is Cc1c(C)c(S(=O)(=O)NC(N)=NCCC[C@H](NC(=O)c2cccc(=O)n2Cc2ccccc2)C(=O)OC(C)(C)C)c(C)c2c1OC(C)(C)CC2. The maximum atomic E-state index is 13.6. The first-order chi connectivity index (χ1) is 23.3. The summed E-state index contributed by atoms with van der Waals surface area (Å²) in [6, 6.07) is 12.5. The summed E-state index contributed by atoms with van der Waals surface area (Å²) < 4.78 is 42.7. The second-order valence-corrected chi connectivity index (χ2v) is 15.9.